The summed E-state index contributed by atoms with van der Waals surface area (Å²) in [7, 11) is 0. The number of nitrogens with zero attached hydrogens (tertiary/aromatic N) is 1. The van der Waals surface area contributed by atoms with E-state index in [0.717, 1.165) is 25.4 Å². The molecule has 0 unspecified atom stereocenters. The molecule has 1 N–H and O–H groups in total. The van der Waals surface area contributed by atoms with Gasteiger partial charge in [0.05, 0.1) is 12.8 Å². The SMILES string of the molecule is CCCNCc1occc1CN1CCCCC1. The minimum absolute atomic E-state index is 0.865. The van der Waals surface area contributed by atoms with E-state index in [-0.39, 0.29) is 0 Å². The largest absolute Gasteiger partial charge is 0.468 e. The first-order chi connectivity index (χ1) is 8.40. The maximum Gasteiger partial charge on any atom is 0.122 e. The topological polar surface area (TPSA) is 28.4 Å². The molecule has 1 saturated heterocycles. The molecule has 0 aromatic carbocycles. The van der Waals surface area contributed by atoms with Crippen LogP contribution in [-0.4, -0.2) is 24.5 Å². The van der Waals surface area contributed by atoms with Crippen molar-refractivity contribution >= 4 is 0 Å². The van der Waals surface area contributed by atoms with Crippen molar-refractivity contribution in [2.75, 3.05) is 19.6 Å². The molecule has 0 amide bonds. The van der Waals surface area contributed by atoms with Gasteiger partial charge in [-0.1, -0.05) is 13.3 Å². The molecular formula is C14H24N2O. The molecule has 0 bridgehead atoms. The summed E-state index contributed by atoms with van der Waals surface area (Å²) in [5.41, 5.74) is 1.36. The number of rotatable bonds is 6. The van der Waals surface area contributed by atoms with Crippen LogP contribution in [0.15, 0.2) is 16.7 Å². The highest BCUT2D eigenvalue weighted by Crippen LogP contribution is 2.16. The van der Waals surface area contributed by atoms with Crippen LogP contribution in [-0.2, 0) is 13.1 Å². The molecule has 1 aliphatic rings. The van der Waals surface area contributed by atoms with Crippen LogP contribution in [0.3, 0.4) is 0 Å². The van der Waals surface area contributed by atoms with E-state index in [4.69, 9.17) is 4.42 Å². The van der Waals surface area contributed by atoms with Crippen LogP contribution < -0.4 is 5.32 Å². The van der Waals surface area contributed by atoms with E-state index in [1.807, 2.05) is 6.26 Å². The van der Waals surface area contributed by atoms with E-state index in [0.29, 0.717) is 0 Å². The molecule has 1 aromatic rings. The minimum Gasteiger partial charge on any atom is -0.468 e. The molecule has 0 atom stereocenters. The lowest BCUT2D eigenvalue weighted by Crippen LogP contribution is -2.29. The highest BCUT2D eigenvalue weighted by Gasteiger charge is 2.13. The van der Waals surface area contributed by atoms with Crippen LogP contribution in [0.2, 0.25) is 0 Å². The van der Waals surface area contributed by atoms with Crippen molar-refractivity contribution in [3.8, 4) is 0 Å². The minimum atomic E-state index is 0.865. The Kier molecular flexibility index (Phi) is 5.08. The molecule has 0 spiro atoms. The molecule has 1 aliphatic heterocycles. The monoisotopic (exact) mass is 236 g/mol. The number of likely N-dealkylation sites (tertiary alicyclic amines) is 1. The molecule has 3 nitrogen and oxygen atoms in total. The van der Waals surface area contributed by atoms with Crippen LogP contribution in [0, 0.1) is 0 Å². The first kappa shape index (κ1) is 12.7. The van der Waals surface area contributed by atoms with Crippen molar-refractivity contribution in [3.05, 3.63) is 23.7 Å². The molecule has 17 heavy (non-hydrogen) atoms. The molecule has 3 heteroatoms. The van der Waals surface area contributed by atoms with Gasteiger partial charge in [-0.3, -0.25) is 4.90 Å². The average Bonchev–Trinajstić information content (AvgIpc) is 2.79. The van der Waals surface area contributed by atoms with Crippen molar-refractivity contribution in [1.82, 2.24) is 10.2 Å². The zero-order valence-electron chi connectivity index (χ0n) is 10.9. The highest BCUT2D eigenvalue weighted by molar-refractivity contribution is 5.16. The standard InChI is InChI=1S/C14H24N2O/c1-2-7-15-11-14-13(6-10-17-14)12-16-8-4-3-5-9-16/h6,10,15H,2-5,7-9,11-12H2,1H3. The van der Waals surface area contributed by atoms with Crippen LogP contribution in [0.25, 0.3) is 0 Å². The fourth-order valence-electron chi connectivity index (χ4n) is 2.40. The molecule has 0 radical (unpaired) electrons. The third-order valence-corrected chi connectivity index (χ3v) is 3.39. The Bertz CT molecular complexity index is 316. The number of hydrogen-bond donors (Lipinski definition) is 1. The number of nitrogens with one attached hydrogen (secondary N) is 1. The van der Waals surface area contributed by atoms with E-state index in [1.165, 1.54) is 44.3 Å². The van der Waals surface area contributed by atoms with E-state index in [1.54, 1.807) is 0 Å². The molecule has 2 heterocycles. The zero-order valence-corrected chi connectivity index (χ0v) is 10.9. The Labute approximate surface area is 104 Å². The second-order valence-corrected chi connectivity index (χ2v) is 4.88. The van der Waals surface area contributed by atoms with Gasteiger partial charge in [-0.05, 0) is 45.0 Å². The van der Waals surface area contributed by atoms with Gasteiger partial charge in [0.1, 0.15) is 5.76 Å². The van der Waals surface area contributed by atoms with Gasteiger partial charge in [-0.15, -0.1) is 0 Å². The predicted octanol–water partition coefficient (Wildman–Crippen LogP) is 2.77. The third kappa shape index (κ3) is 3.86. The van der Waals surface area contributed by atoms with Crippen molar-refractivity contribution in [2.24, 2.45) is 0 Å². The fourth-order valence-corrected chi connectivity index (χ4v) is 2.40. The molecule has 96 valence electrons. The normalized spacial score (nSPS) is 17.5. The Morgan fingerprint density at radius 1 is 1.29 bits per heavy atom. The smallest absolute Gasteiger partial charge is 0.122 e. The Hall–Kier alpha value is -0.800. The second-order valence-electron chi connectivity index (χ2n) is 4.88. The summed E-state index contributed by atoms with van der Waals surface area (Å²) in [6.07, 6.45) is 7.08. The van der Waals surface area contributed by atoms with Crippen molar-refractivity contribution in [3.63, 3.8) is 0 Å². The first-order valence-electron chi connectivity index (χ1n) is 6.88. The van der Waals surface area contributed by atoms with E-state index >= 15 is 0 Å². The summed E-state index contributed by atoms with van der Waals surface area (Å²) in [4.78, 5) is 2.54. The maximum absolute atomic E-state index is 5.56. The van der Waals surface area contributed by atoms with Gasteiger partial charge in [0.2, 0.25) is 0 Å². The summed E-state index contributed by atoms with van der Waals surface area (Å²) < 4.78 is 5.56. The summed E-state index contributed by atoms with van der Waals surface area (Å²) in [6.45, 7) is 7.65. The predicted molar refractivity (Wildman–Crippen MR) is 69.8 cm³/mol. The highest BCUT2D eigenvalue weighted by atomic mass is 16.3. The van der Waals surface area contributed by atoms with Crippen molar-refractivity contribution < 1.29 is 4.42 Å². The molecular weight excluding hydrogens is 212 g/mol. The summed E-state index contributed by atoms with van der Waals surface area (Å²) in [5, 5.41) is 3.40. The van der Waals surface area contributed by atoms with Crippen LogP contribution in [0.4, 0.5) is 0 Å². The number of furan rings is 1. The average molecular weight is 236 g/mol. The van der Waals surface area contributed by atoms with Gasteiger partial charge < -0.3 is 9.73 Å². The lowest BCUT2D eigenvalue weighted by Gasteiger charge is -2.26. The zero-order chi connectivity index (χ0) is 11.9. The fraction of sp³-hybridized carbons (Fsp3) is 0.714. The lowest BCUT2D eigenvalue weighted by atomic mass is 10.1. The maximum atomic E-state index is 5.56. The second kappa shape index (κ2) is 6.82. The Morgan fingerprint density at radius 2 is 2.12 bits per heavy atom. The van der Waals surface area contributed by atoms with E-state index in [2.05, 4.69) is 23.2 Å². The van der Waals surface area contributed by atoms with Gasteiger partial charge in [-0.25, -0.2) is 0 Å². The number of piperidine rings is 1. The Balaban J connectivity index is 1.84. The molecule has 1 aromatic heterocycles. The van der Waals surface area contributed by atoms with Gasteiger partial charge in [-0.2, -0.15) is 0 Å². The summed E-state index contributed by atoms with van der Waals surface area (Å²) in [5.74, 6) is 1.11. The molecule has 2 rings (SSSR count). The van der Waals surface area contributed by atoms with Gasteiger partial charge >= 0.3 is 0 Å². The molecule has 0 aliphatic carbocycles. The van der Waals surface area contributed by atoms with Gasteiger partial charge in [0.15, 0.2) is 0 Å². The lowest BCUT2D eigenvalue weighted by molar-refractivity contribution is 0.219. The van der Waals surface area contributed by atoms with E-state index in [9.17, 15) is 0 Å². The summed E-state index contributed by atoms with van der Waals surface area (Å²) >= 11 is 0. The van der Waals surface area contributed by atoms with E-state index < -0.39 is 0 Å². The van der Waals surface area contributed by atoms with Crippen LogP contribution in [0.5, 0.6) is 0 Å². The molecule has 1 fully saturated rings. The van der Waals surface area contributed by atoms with Crippen LogP contribution >= 0.6 is 0 Å². The number of hydrogen-bond acceptors (Lipinski definition) is 3. The quantitative estimate of drug-likeness (QED) is 0.770. The third-order valence-electron chi connectivity index (χ3n) is 3.39. The summed E-state index contributed by atoms with van der Waals surface area (Å²) in [6, 6.07) is 2.12. The van der Waals surface area contributed by atoms with Gasteiger partial charge in [0.25, 0.3) is 0 Å². The van der Waals surface area contributed by atoms with Crippen molar-refractivity contribution in [2.45, 2.75) is 45.7 Å². The first-order valence-corrected chi connectivity index (χ1v) is 6.88. The van der Waals surface area contributed by atoms with Crippen LogP contribution in [0.1, 0.15) is 43.9 Å². The molecule has 0 saturated carbocycles. The van der Waals surface area contributed by atoms with Crippen molar-refractivity contribution in [1.29, 1.82) is 0 Å². The van der Waals surface area contributed by atoms with Gasteiger partial charge in [0, 0.05) is 12.1 Å². The Morgan fingerprint density at radius 3 is 2.88 bits per heavy atom.